The van der Waals surface area contributed by atoms with Gasteiger partial charge < -0.3 is 29.3 Å². The summed E-state index contributed by atoms with van der Waals surface area (Å²) in [6.07, 6.45) is 3.18. The largest absolute Gasteiger partial charge is 0.504 e. The number of nitrogens with zero attached hydrogens (tertiary/aromatic N) is 5. The van der Waals surface area contributed by atoms with Crippen molar-refractivity contribution in [3.05, 3.63) is 67.0 Å². The van der Waals surface area contributed by atoms with Gasteiger partial charge in [-0.15, -0.1) is 0 Å². The summed E-state index contributed by atoms with van der Waals surface area (Å²) in [5.74, 6) is -0.349. The van der Waals surface area contributed by atoms with Crippen molar-refractivity contribution in [2.24, 2.45) is 5.10 Å². The van der Waals surface area contributed by atoms with Crippen molar-refractivity contribution in [1.29, 1.82) is 0 Å². The number of hydrogen-bond acceptors (Lipinski definition) is 10. The van der Waals surface area contributed by atoms with Crippen LogP contribution in [0.5, 0.6) is 0 Å². The number of hydrazone groups is 1. The first-order valence-corrected chi connectivity index (χ1v) is 12.0. The Hall–Kier alpha value is -4.49. The van der Waals surface area contributed by atoms with Crippen LogP contribution in [0.1, 0.15) is 0 Å². The Kier molecular flexibility index (Phi) is 8.74. The summed E-state index contributed by atoms with van der Waals surface area (Å²) in [5, 5.41) is 23.5. The molecule has 1 aromatic heterocycles. The summed E-state index contributed by atoms with van der Waals surface area (Å²) in [4.78, 5) is 31.7. The van der Waals surface area contributed by atoms with Crippen LogP contribution in [0.15, 0.2) is 66.3 Å². The predicted octanol–water partition coefficient (Wildman–Crippen LogP) is 1.85. The Bertz CT molecular complexity index is 1270. The fourth-order valence-electron chi connectivity index (χ4n) is 3.87. The third-order valence-electron chi connectivity index (χ3n) is 5.93. The number of allylic oxidation sites excluding steroid dienone is 1. The van der Waals surface area contributed by atoms with Crippen molar-refractivity contribution in [3.63, 3.8) is 0 Å². The van der Waals surface area contributed by atoms with Crippen molar-refractivity contribution in [3.8, 4) is 11.1 Å². The lowest BCUT2D eigenvalue weighted by Crippen LogP contribution is -2.45. The minimum Gasteiger partial charge on any atom is -0.504 e. The van der Waals surface area contributed by atoms with E-state index in [9.17, 15) is 14.7 Å². The number of ether oxygens (including phenoxy) is 3. The van der Waals surface area contributed by atoms with Crippen LogP contribution in [0.3, 0.4) is 0 Å². The van der Waals surface area contributed by atoms with E-state index in [-0.39, 0.29) is 19.7 Å². The third kappa shape index (κ3) is 6.51. The summed E-state index contributed by atoms with van der Waals surface area (Å²) in [5.41, 5.74) is 1.17. The van der Waals surface area contributed by atoms with Gasteiger partial charge in [0.25, 0.3) is 5.91 Å². The summed E-state index contributed by atoms with van der Waals surface area (Å²) in [6.45, 7) is 3.86. The lowest BCUT2D eigenvalue weighted by molar-refractivity contribution is -0.142. The van der Waals surface area contributed by atoms with Crippen LogP contribution in [-0.2, 0) is 19.0 Å². The SMILES string of the molecule is C=C(/C=C\OC)OCC1CN(c2ccc(-c3ccc(N4C=NN(C(=O)C(O)CO)CC4)nc3)c(F)c2)C(=O)O1. The average molecular weight is 542 g/mol. The summed E-state index contributed by atoms with van der Waals surface area (Å²) in [6, 6.07) is 7.84. The van der Waals surface area contributed by atoms with E-state index in [4.69, 9.17) is 19.3 Å². The van der Waals surface area contributed by atoms with Gasteiger partial charge in [-0.05, 0) is 30.3 Å². The number of aliphatic hydroxyl groups excluding tert-OH is 2. The lowest BCUT2D eigenvalue weighted by Gasteiger charge is -2.28. The first-order chi connectivity index (χ1) is 18.8. The first-order valence-electron chi connectivity index (χ1n) is 12.0. The van der Waals surface area contributed by atoms with Gasteiger partial charge in [0.15, 0.2) is 12.2 Å². The molecule has 206 valence electrons. The van der Waals surface area contributed by atoms with Gasteiger partial charge in [-0.2, -0.15) is 5.10 Å². The number of cyclic esters (lactones) is 1. The summed E-state index contributed by atoms with van der Waals surface area (Å²) in [7, 11) is 1.50. The highest BCUT2D eigenvalue weighted by Gasteiger charge is 2.33. The molecule has 0 saturated carbocycles. The van der Waals surface area contributed by atoms with Crippen LogP contribution >= 0.6 is 0 Å². The highest BCUT2D eigenvalue weighted by molar-refractivity contribution is 5.90. The van der Waals surface area contributed by atoms with E-state index in [1.165, 1.54) is 42.9 Å². The van der Waals surface area contributed by atoms with Crippen LogP contribution in [-0.4, -0.2) is 90.7 Å². The molecule has 2 atom stereocenters. The highest BCUT2D eigenvalue weighted by atomic mass is 19.1. The van der Waals surface area contributed by atoms with Gasteiger partial charge in [0.05, 0.1) is 38.8 Å². The highest BCUT2D eigenvalue weighted by Crippen LogP contribution is 2.30. The topological polar surface area (TPSA) is 137 Å². The molecule has 2 amide bonds. The number of aliphatic hydroxyl groups is 2. The van der Waals surface area contributed by atoms with Crippen molar-refractivity contribution in [1.82, 2.24) is 9.99 Å². The number of methoxy groups -OCH3 is 1. The van der Waals surface area contributed by atoms with Crippen molar-refractivity contribution < 1.29 is 38.4 Å². The standard InChI is InChI=1S/C26H28FN5O7/c1-17(7-10-37-2)38-15-20-13-31(26(36)39-20)19-4-5-21(22(27)11-19)18-3-6-24(28-12-18)30-8-9-32(29-16-30)25(35)23(34)14-33/h3-7,10-12,16,20,23,33-34H,1,8-9,13-15H2,2H3/b10-7-. The number of carbonyl (C=O) groups excluding carboxylic acids is 2. The molecule has 0 bridgehead atoms. The minimum atomic E-state index is -1.52. The number of halogens is 1. The molecule has 0 radical (unpaired) electrons. The van der Waals surface area contributed by atoms with Gasteiger partial charge in [-0.3, -0.25) is 9.69 Å². The van der Waals surface area contributed by atoms with Gasteiger partial charge in [0.1, 0.15) is 30.3 Å². The van der Waals surface area contributed by atoms with E-state index >= 15 is 4.39 Å². The van der Waals surface area contributed by atoms with Crippen molar-refractivity contribution in [2.75, 3.05) is 49.8 Å². The molecule has 2 N–H and O–H groups in total. The zero-order valence-corrected chi connectivity index (χ0v) is 21.1. The molecule has 2 aliphatic heterocycles. The van der Waals surface area contributed by atoms with E-state index in [0.717, 1.165) is 5.01 Å². The molecule has 2 aromatic rings. The molecule has 12 nitrogen and oxygen atoms in total. The van der Waals surface area contributed by atoms with Gasteiger partial charge in [0, 0.05) is 29.9 Å². The maximum atomic E-state index is 15.1. The monoisotopic (exact) mass is 541 g/mol. The van der Waals surface area contributed by atoms with Crippen molar-refractivity contribution in [2.45, 2.75) is 12.2 Å². The van der Waals surface area contributed by atoms with Crippen molar-refractivity contribution >= 4 is 29.8 Å². The number of benzene rings is 1. The molecule has 13 heteroatoms. The maximum absolute atomic E-state index is 15.1. The molecule has 39 heavy (non-hydrogen) atoms. The van der Waals surface area contributed by atoms with E-state index in [1.54, 1.807) is 29.2 Å². The number of amides is 2. The zero-order valence-electron chi connectivity index (χ0n) is 21.1. The molecule has 1 fully saturated rings. The van der Waals surface area contributed by atoms with E-state index in [1.807, 2.05) is 0 Å². The second-order valence-electron chi connectivity index (χ2n) is 8.59. The number of hydrogen-bond donors (Lipinski definition) is 2. The number of rotatable bonds is 10. The van der Waals surface area contributed by atoms with E-state index in [2.05, 4.69) is 16.7 Å². The molecular formula is C26H28FN5O7. The van der Waals surface area contributed by atoms with E-state index < -0.39 is 36.6 Å². The second kappa shape index (κ2) is 12.4. The molecule has 4 rings (SSSR count). The minimum absolute atomic E-state index is 0.0917. The smallest absolute Gasteiger partial charge is 0.414 e. The van der Waals surface area contributed by atoms with Crippen LogP contribution in [0.25, 0.3) is 11.1 Å². The van der Waals surface area contributed by atoms with E-state index in [0.29, 0.717) is 34.9 Å². The molecule has 3 heterocycles. The van der Waals surface area contributed by atoms with Crippen LogP contribution in [0.2, 0.25) is 0 Å². The van der Waals surface area contributed by atoms with Gasteiger partial charge in [-0.25, -0.2) is 19.2 Å². The Morgan fingerprint density at radius 2 is 2.15 bits per heavy atom. The molecule has 2 aliphatic rings. The maximum Gasteiger partial charge on any atom is 0.414 e. The Morgan fingerprint density at radius 1 is 1.33 bits per heavy atom. The second-order valence-corrected chi connectivity index (χ2v) is 8.59. The first kappa shape index (κ1) is 27.5. The number of carbonyl (C=O) groups is 2. The molecule has 1 saturated heterocycles. The van der Waals surface area contributed by atoms with Crippen LogP contribution in [0, 0.1) is 5.82 Å². The summed E-state index contributed by atoms with van der Waals surface area (Å²) < 4.78 is 30.6. The number of anilines is 2. The molecular weight excluding hydrogens is 513 g/mol. The normalized spacial score (nSPS) is 17.9. The Labute approximate surface area is 223 Å². The fourth-order valence-corrected chi connectivity index (χ4v) is 3.87. The van der Waals surface area contributed by atoms with Gasteiger partial charge >= 0.3 is 6.09 Å². The average Bonchev–Trinajstić information content (AvgIpc) is 3.34. The molecule has 2 unspecified atom stereocenters. The third-order valence-corrected chi connectivity index (χ3v) is 5.93. The quantitative estimate of drug-likeness (QED) is 0.341. The molecule has 1 aromatic carbocycles. The Morgan fingerprint density at radius 3 is 2.79 bits per heavy atom. The molecule has 0 spiro atoms. The number of pyridine rings is 1. The Balaban J connectivity index is 1.38. The van der Waals surface area contributed by atoms with Gasteiger partial charge in [-0.1, -0.05) is 6.58 Å². The molecule has 0 aliphatic carbocycles. The fraction of sp³-hybridized carbons (Fsp3) is 0.308. The van der Waals surface area contributed by atoms with Crippen LogP contribution < -0.4 is 9.80 Å². The van der Waals surface area contributed by atoms with Gasteiger partial charge in [0.2, 0.25) is 0 Å². The van der Waals surface area contributed by atoms with Crippen LogP contribution in [0.4, 0.5) is 20.7 Å². The number of aromatic nitrogens is 1. The zero-order chi connectivity index (χ0) is 27.9. The lowest BCUT2D eigenvalue weighted by atomic mass is 10.1. The predicted molar refractivity (Wildman–Crippen MR) is 139 cm³/mol. The summed E-state index contributed by atoms with van der Waals surface area (Å²) >= 11 is 0.